The smallest absolute Gasteiger partial charge is 0.222 e. The van der Waals surface area contributed by atoms with Crippen molar-refractivity contribution in [3.8, 4) is 0 Å². The van der Waals surface area contributed by atoms with Gasteiger partial charge in [0.25, 0.3) is 0 Å². The van der Waals surface area contributed by atoms with Gasteiger partial charge in [0.05, 0.1) is 5.52 Å². The highest BCUT2D eigenvalue weighted by Crippen LogP contribution is 2.39. The van der Waals surface area contributed by atoms with Crippen molar-refractivity contribution >= 4 is 16.8 Å². The van der Waals surface area contributed by atoms with Gasteiger partial charge in [-0.25, -0.2) is 0 Å². The number of likely N-dealkylation sites (tertiary alicyclic amines) is 2. The zero-order chi connectivity index (χ0) is 18.7. The predicted molar refractivity (Wildman–Crippen MR) is 106 cm³/mol. The third-order valence-electron chi connectivity index (χ3n) is 6.15. The Morgan fingerprint density at radius 1 is 1.19 bits per heavy atom. The van der Waals surface area contributed by atoms with E-state index in [-0.39, 0.29) is 17.9 Å². The number of rotatable bonds is 5. The van der Waals surface area contributed by atoms with Crippen LogP contribution in [0.2, 0.25) is 0 Å². The number of piperidine rings is 2. The molecule has 3 heterocycles. The van der Waals surface area contributed by atoms with E-state index in [2.05, 4.69) is 34.1 Å². The first kappa shape index (κ1) is 18.4. The first-order valence-corrected chi connectivity index (χ1v) is 10.1. The maximum atomic E-state index is 12.2. The van der Waals surface area contributed by atoms with Gasteiger partial charge in [-0.15, -0.1) is 0 Å². The van der Waals surface area contributed by atoms with Crippen molar-refractivity contribution in [3.63, 3.8) is 0 Å². The van der Waals surface area contributed by atoms with Crippen LogP contribution in [0, 0.1) is 5.41 Å². The van der Waals surface area contributed by atoms with Gasteiger partial charge in [-0.1, -0.05) is 12.1 Å². The highest BCUT2D eigenvalue weighted by molar-refractivity contribution is 5.79. The summed E-state index contributed by atoms with van der Waals surface area (Å²) in [6, 6.07) is 10.7. The lowest BCUT2D eigenvalue weighted by Crippen LogP contribution is -2.54. The van der Waals surface area contributed by atoms with E-state index < -0.39 is 0 Å². The summed E-state index contributed by atoms with van der Waals surface area (Å²) >= 11 is 0. The molecule has 5 nitrogen and oxygen atoms in total. The molecular formula is C22H29N3O2. The number of pyridine rings is 1. The Bertz CT molecular complexity index is 809. The zero-order valence-electron chi connectivity index (χ0n) is 15.9. The van der Waals surface area contributed by atoms with Crippen molar-refractivity contribution < 1.29 is 9.90 Å². The second-order valence-electron chi connectivity index (χ2n) is 8.24. The van der Waals surface area contributed by atoms with Gasteiger partial charge < -0.3 is 10.0 Å². The molecule has 2 aromatic rings. The molecule has 1 spiro atoms. The number of carbonyl (C=O) groups excluding carboxylic acids is 1. The molecule has 0 unspecified atom stereocenters. The second kappa shape index (κ2) is 7.95. The average Bonchev–Trinajstić information content (AvgIpc) is 2.69. The van der Waals surface area contributed by atoms with Crippen molar-refractivity contribution in [3.05, 3.63) is 42.1 Å². The van der Waals surface area contributed by atoms with Crippen molar-refractivity contribution in [1.29, 1.82) is 0 Å². The summed E-state index contributed by atoms with van der Waals surface area (Å²) in [6.45, 7) is 4.83. The number of aliphatic hydroxyl groups excluding tert-OH is 1. The Morgan fingerprint density at radius 3 is 3.00 bits per heavy atom. The van der Waals surface area contributed by atoms with Crippen LogP contribution in [0.25, 0.3) is 10.9 Å². The van der Waals surface area contributed by atoms with Gasteiger partial charge in [0, 0.05) is 56.2 Å². The number of aromatic nitrogens is 1. The van der Waals surface area contributed by atoms with Gasteiger partial charge in [0.2, 0.25) is 5.91 Å². The minimum atomic E-state index is 0.153. The van der Waals surface area contributed by atoms with E-state index in [1.54, 1.807) is 0 Å². The van der Waals surface area contributed by atoms with Gasteiger partial charge >= 0.3 is 0 Å². The molecule has 1 aromatic heterocycles. The lowest BCUT2D eigenvalue weighted by atomic mass is 9.73. The molecule has 144 valence electrons. The van der Waals surface area contributed by atoms with Crippen LogP contribution < -0.4 is 0 Å². The van der Waals surface area contributed by atoms with Crippen LogP contribution in [0.4, 0.5) is 0 Å². The van der Waals surface area contributed by atoms with E-state index in [1.165, 1.54) is 23.8 Å². The molecule has 4 rings (SSSR count). The van der Waals surface area contributed by atoms with Crippen molar-refractivity contribution in [2.75, 3.05) is 32.8 Å². The molecule has 1 N–H and O–H groups in total. The Morgan fingerprint density at radius 2 is 2.11 bits per heavy atom. The van der Waals surface area contributed by atoms with Crippen molar-refractivity contribution in [2.45, 2.75) is 38.6 Å². The van der Waals surface area contributed by atoms with Gasteiger partial charge in [0.15, 0.2) is 0 Å². The Kier molecular flexibility index (Phi) is 5.41. The second-order valence-corrected chi connectivity index (χ2v) is 8.24. The molecule has 1 aromatic carbocycles. The number of benzene rings is 1. The summed E-state index contributed by atoms with van der Waals surface area (Å²) in [5.74, 6) is 0.258. The van der Waals surface area contributed by atoms with Crippen molar-refractivity contribution in [2.24, 2.45) is 5.41 Å². The van der Waals surface area contributed by atoms with E-state index in [0.717, 1.165) is 38.1 Å². The van der Waals surface area contributed by atoms with Crippen LogP contribution in [0.15, 0.2) is 36.5 Å². The van der Waals surface area contributed by atoms with E-state index in [4.69, 9.17) is 5.11 Å². The molecular weight excluding hydrogens is 338 g/mol. The predicted octanol–water partition coefficient (Wildman–Crippen LogP) is 2.82. The highest BCUT2D eigenvalue weighted by Gasteiger charge is 2.41. The minimum Gasteiger partial charge on any atom is -0.396 e. The van der Waals surface area contributed by atoms with E-state index in [9.17, 15) is 4.79 Å². The van der Waals surface area contributed by atoms with Crippen molar-refractivity contribution in [1.82, 2.24) is 14.8 Å². The maximum Gasteiger partial charge on any atom is 0.222 e. The first-order chi connectivity index (χ1) is 13.2. The lowest BCUT2D eigenvalue weighted by molar-refractivity contribution is -0.139. The molecule has 0 saturated carbocycles. The van der Waals surface area contributed by atoms with E-state index in [1.807, 2.05) is 17.2 Å². The quantitative estimate of drug-likeness (QED) is 0.883. The SMILES string of the molecule is O=C1CC[C@]2(CCCN(Cc3ccc4ncccc4c3)C2)CN1CCCO. The molecule has 0 aliphatic carbocycles. The van der Waals surface area contributed by atoms with Crippen LogP contribution in [0.5, 0.6) is 0 Å². The summed E-state index contributed by atoms with van der Waals surface area (Å²) in [7, 11) is 0. The number of hydrogen-bond donors (Lipinski definition) is 1. The van der Waals surface area contributed by atoms with E-state index >= 15 is 0 Å². The van der Waals surface area contributed by atoms with Gasteiger partial charge in [-0.2, -0.15) is 0 Å². The number of hydrogen-bond acceptors (Lipinski definition) is 4. The van der Waals surface area contributed by atoms with E-state index in [0.29, 0.717) is 19.4 Å². The van der Waals surface area contributed by atoms with Crippen LogP contribution >= 0.6 is 0 Å². The van der Waals surface area contributed by atoms with Crippen LogP contribution in [0.1, 0.15) is 37.7 Å². The minimum absolute atomic E-state index is 0.153. The lowest BCUT2D eigenvalue weighted by Gasteiger charge is -2.48. The monoisotopic (exact) mass is 367 g/mol. The summed E-state index contributed by atoms with van der Waals surface area (Å²) in [5, 5.41) is 10.3. The fourth-order valence-electron chi connectivity index (χ4n) is 4.83. The largest absolute Gasteiger partial charge is 0.396 e. The Labute approximate surface area is 161 Å². The molecule has 0 radical (unpaired) electrons. The molecule has 1 atom stereocenters. The van der Waals surface area contributed by atoms with Crippen LogP contribution in [0.3, 0.4) is 0 Å². The Hall–Kier alpha value is -1.98. The third-order valence-corrected chi connectivity index (χ3v) is 6.15. The average molecular weight is 367 g/mol. The zero-order valence-corrected chi connectivity index (χ0v) is 15.9. The van der Waals surface area contributed by atoms with Crippen LogP contribution in [-0.2, 0) is 11.3 Å². The van der Waals surface area contributed by atoms with Gasteiger partial charge in [-0.05, 0) is 56.0 Å². The molecule has 2 saturated heterocycles. The number of fused-ring (bicyclic) bond motifs is 1. The summed E-state index contributed by atoms with van der Waals surface area (Å²) in [5.41, 5.74) is 2.60. The molecule has 2 aliphatic rings. The summed E-state index contributed by atoms with van der Waals surface area (Å²) in [4.78, 5) is 21.2. The summed E-state index contributed by atoms with van der Waals surface area (Å²) < 4.78 is 0. The third kappa shape index (κ3) is 4.14. The molecule has 27 heavy (non-hydrogen) atoms. The number of nitrogens with zero attached hydrogens (tertiary/aromatic N) is 3. The summed E-state index contributed by atoms with van der Waals surface area (Å²) in [6.07, 6.45) is 6.56. The molecule has 0 bridgehead atoms. The van der Waals surface area contributed by atoms with Gasteiger partial charge in [0.1, 0.15) is 0 Å². The normalized spacial score (nSPS) is 24.0. The number of aliphatic hydroxyl groups is 1. The fourth-order valence-corrected chi connectivity index (χ4v) is 4.83. The standard InChI is InChI=1S/C22H29N3O2/c26-13-3-12-25-17-22(9-7-21(25)27)8-2-11-24(16-22)15-18-5-6-20-19(14-18)4-1-10-23-20/h1,4-6,10,14,26H,2-3,7-9,11-13,15-17H2/t22-/m0/s1. The van der Waals surface area contributed by atoms with Crippen LogP contribution in [-0.4, -0.2) is 58.6 Å². The fraction of sp³-hybridized carbons (Fsp3) is 0.545. The highest BCUT2D eigenvalue weighted by atomic mass is 16.3. The van der Waals surface area contributed by atoms with Gasteiger partial charge in [-0.3, -0.25) is 14.7 Å². The topological polar surface area (TPSA) is 56.7 Å². The Balaban J connectivity index is 1.44. The maximum absolute atomic E-state index is 12.2. The number of carbonyl (C=O) groups is 1. The first-order valence-electron chi connectivity index (χ1n) is 10.1. The number of amides is 1. The molecule has 2 aliphatic heterocycles. The molecule has 5 heteroatoms. The molecule has 1 amide bonds. The molecule has 2 fully saturated rings.